The van der Waals surface area contributed by atoms with Crippen LogP contribution in [-0.4, -0.2) is 14.5 Å². The van der Waals surface area contributed by atoms with E-state index in [1.165, 1.54) is 12.1 Å². The minimum atomic E-state index is -3.50. The van der Waals surface area contributed by atoms with Crippen molar-refractivity contribution in [3.63, 3.8) is 0 Å². The van der Waals surface area contributed by atoms with Crippen molar-refractivity contribution in [1.29, 1.82) is 5.26 Å². The second-order valence-electron chi connectivity index (χ2n) is 4.39. The molecule has 1 aromatic carbocycles. The predicted octanol–water partition coefficient (Wildman–Crippen LogP) is 1.64. The summed E-state index contributed by atoms with van der Waals surface area (Å²) in [5, 5.41) is 8.74. The van der Waals surface area contributed by atoms with Gasteiger partial charge in [0.15, 0.2) is 0 Å². The summed E-state index contributed by atoms with van der Waals surface area (Å²) < 4.78 is 26.7. The highest BCUT2D eigenvalue weighted by Gasteiger charge is 2.31. The highest BCUT2D eigenvalue weighted by atomic mass is 32.2. The van der Waals surface area contributed by atoms with Gasteiger partial charge in [-0.15, -0.1) is 0 Å². The Hall–Kier alpha value is -1.38. The molecule has 2 rings (SSSR count). The van der Waals surface area contributed by atoms with E-state index in [2.05, 4.69) is 4.72 Å². The first-order valence-corrected chi connectivity index (χ1v) is 7.04. The summed E-state index contributed by atoms with van der Waals surface area (Å²) in [4.78, 5) is 0.157. The molecule has 1 aliphatic rings. The molecule has 0 heterocycles. The number of nitrogens with zero attached hydrogens (tertiary/aromatic N) is 1. The lowest BCUT2D eigenvalue weighted by Gasteiger charge is -2.13. The van der Waals surface area contributed by atoms with E-state index >= 15 is 0 Å². The molecule has 0 bridgehead atoms. The zero-order valence-electron chi connectivity index (χ0n) is 9.55. The molecule has 0 amide bonds. The Morgan fingerprint density at radius 3 is 2.76 bits per heavy atom. The van der Waals surface area contributed by atoms with Crippen LogP contribution < -0.4 is 4.72 Å². The topological polar surface area (TPSA) is 70.0 Å². The third-order valence-corrected chi connectivity index (χ3v) is 4.50. The minimum absolute atomic E-state index is 0.0364. The molecule has 90 valence electrons. The first-order valence-electron chi connectivity index (χ1n) is 5.55. The lowest BCUT2D eigenvalue weighted by atomic mass is 10.2. The lowest BCUT2D eigenvalue weighted by Crippen LogP contribution is -2.34. The van der Waals surface area contributed by atoms with Crippen molar-refractivity contribution in [3.8, 4) is 6.07 Å². The summed E-state index contributed by atoms with van der Waals surface area (Å²) in [6.45, 7) is 1.88. The second-order valence-corrected chi connectivity index (χ2v) is 6.10. The molecule has 1 saturated carbocycles. The van der Waals surface area contributed by atoms with E-state index in [1.807, 2.05) is 13.0 Å². The standard InChI is InChI=1S/C12H14N2O2S/c1-9(11-5-6-11)14-17(15,16)12-4-2-3-10(7-12)8-13/h2-4,7,9,11,14H,5-6H2,1H3/t9-/m0/s1. The van der Waals surface area contributed by atoms with Gasteiger partial charge in [-0.2, -0.15) is 5.26 Å². The average molecular weight is 250 g/mol. The van der Waals surface area contributed by atoms with Crippen molar-refractivity contribution in [2.45, 2.75) is 30.7 Å². The molecular formula is C12H14N2O2S. The number of hydrogen-bond donors (Lipinski definition) is 1. The Morgan fingerprint density at radius 1 is 1.47 bits per heavy atom. The number of nitriles is 1. The fourth-order valence-electron chi connectivity index (χ4n) is 1.74. The molecule has 1 N–H and O–H groups in total. The molecule has 1 aromatic rings. The molecule has 17 heavy (non-hydrogen) atoms. The number of sulfonamides is 1. The van der Waals surface area contributed by atoms with E-state index in [0.29, 0.717) is 11.5 Å². The van der Waals surface area contributed by atoms with E-state index in [4.69, 9.17) is 5.26 Å². The summed E-state index contributed by atoms with van der Waals surface area (Å²) in [5.41, 5.74) is 0.354. The van der Waals surface area contributed by atoms with E-state index in [9.17, 15) is 8.42 Å². The van der Waals surface area contributed by atoms with Crippen LogP contribution in [0, 0.1) is 17.2 Å². The van der Waals surface area contributed by atoms with Crippen molar-refractivity contribution < 1.29 is 8.42 Å². The molecule has 1 fully saturated rings. The van der Waals surface area contributed by atoms with E-state index in [-0.39, 0.29) is 10.9 Å². The fraction of sp³-hybridized carbons (Fsp3) is 0.417. The number of hydrogen-bond acceptors (Lipinski definition) is 3. The van der Waals surface area contributed by atoms with Gasteiger partial charge in [-0.25, -0.2) is 13.1 Å². The number of benzene rings is 1. The molecule has 0 aliphatic heterocycles. The summed E-state index contributed by atoms with van der Waals surface area (Å²) in [6, 6.07) is 7.96. The molecule has 0 unspecified atom stereocenters. The van der Waals surface area contributed by atoms with Gasteiger partial charge in [0, 0.05) is 6.04 Å². The molecule has 1 aliphatic carbocycles. The third kappa shape index (κ3) is 2.84. The number of rotatable bonds is 4. The molecule has 5 heteroatoms. The summed E-state index contributed by atoms with van der Waals surface area (Å²) in [7, 11) is -3.50. The highest BCUT2D eigenvalue weighted by Crippen LogP contribution is 2.33. The van der Waals surface area contributed by atoms with Crippen LogP contribution in [0.5, 0.6) is 0 Å². The van der Waals surface area contributed by atoms with Crippen LogP contribution in [0.15, 0.2) is 29.2 Å². The number of nitrogens with one attached hydrogen (secondary N) is 1. The van der Waals surface area contributed by atoms with Gasteiger partial charge in [-0.1, -0.05) is 6.07 Å². The van der Waals surface area contributed by atoms with Crippen molar-refractivity contribution >= 4 is 10.0 Å². The highest BCUT2D eigenvalue weighted by molar-refractivity contribution is 7.89. The molecule has 0 aromatic heterocycles. The van der Waals surface area contributed by atoms with Crippen molar-refractivity contribution in [3.05, 3.63) is 29.8 Å². The normalized spacial score (nSPS) is 17.4. The maximum atomic E-state index is 12.0. The van der Waals surface area contributed by atoms with Gasteiger partial charge in [-0.3, -0.25) is 0 Å². The van der Waals surface area contributed by atoms with Crippen LogP contribution in [0.1, 0.15) is 25.3 Å². The van der Waals surface area contributed by atoms with Crippen molar-refractivity contribution in [2.75, 3.05) is 0 Å². The van der Waals surface area contributed by atoms with Crippen molar-refractivity contribution in [2.24, 2.45) is 5.92 Å². The van der Waals surface area contributed by atoms with E-state index in [0.717, 1.165) is 12.8 Å². The van der Waals surface area contributed by atoms with Gasteiger partial charge in [0.1, 0.15) is 0 Å². The fourth-order valence-corrected chi connectivity index (χ4v) is 3.10. The third-order valence-electron chi connectivity index (χ3n) is 2.94. The van der Waals surface area contributed by atoms with Gasteiger partial charge in [0.25, 0.3) is 0 Å². The minimum Gasteiger partial charge on any atom is -0.208 e. The second kappa shape index (κ2) is 4.47. The Balaban J connectivity index is 2.21. The van der Waals surface area contributed by atoms with Gasteiger partial charge >= 0.3 is 0 Å². The largest absolute Gasteiger partial charge is 0.240 e. The van der Waals surface area contributed by atoms with Gasteiger partial charge in [0.05, 0.1) is 16.5 Å². The van der Waals surface area contributed by atoms with Gasteiger partial charge < -0.3 is 0 Å². The van der Waals surface area contributed by atoms with E-state index in [1.54, 1.807) is 12.1 Å². The summed E-state index contributed by atoms with van der Waals surface area (Å²) in [5.74, 6) is 0.462. The monoisotopic (exact) mass is 250 g/mol. The Kier molecular flexibility index (Phi) is 3.18. The average Bonchev–Trinajstić information content (AvgIpc) is 3.12. The Morgan fingerprint density at radius 2 is 2.18 bits per heavy atom. The van der Waals surface area contributed by atoms with Gasteiger partial charge in [0.2, 0.25) is 10.0 Å². The van der Waals surface area contributed by atoms with Crippen LogP contribution in [0.25, 0.3) is 0 Å². The molecule has 0 radical (unpaired) electrons. The first-order chi connectivity index (χ1) is 8.03. The summed E-state index contributed by atoms with van der Waals surface area (Å²) >= 11 is 0. The molecule has 1 atom stereocenters. The SMILES string of the molecule is C[C@H](NS(=O)(=O)c1cccc(C#N)c1)C1CC1. The zero-order chi connectivity index (χ0) is 12.5. The maximum Gasteiger partial charge on any atom is 0.240 e. The molecule has 0 saturated heterocycles. The van der Waals surface area contributed by atoms with Crippen LogP contribution in [0.2, 0.25) is 0 Å². The maximum absolute atomic E-state index is 12.0. The Bertz CT molecular complexity index is 556. The van der Waals surface area contributed by atoms with Crippen LogP contribution >= 0.6 is 0 Å². The molecular weight excluding hydrogens is 236 g/mol. The Labute approximate surface area is 101 Å². The first kappa shape index (κ1) is 12.1. The van der Waals surface area contributed by atoms with Crippen LogP contribution in [-0.2, 0) is 10.0 Å². The lowest BCUT2D eigenvalue weighted by molar-refractivity contribution is 0.538. The van der Waals surface area contributed by atoms with E-state index < -0.39 is 10.0 Å². The smallest absolute Gasteiger partial charge is 0.208 e. The van der Waals surface area contributed by atoms with Crippen molar-refractivity contribution in [1.82, 2.24) is 4.72 Å². The molecule has 4 nitrogen and oxygen atoms in total. The molecule has 0 spiro atoms. The quantitative estimate of drug-likeness (QED) is 0.883. The van der Waals surface area contributed by atoms with Crippen LogP contribution in [0.4, 0.5) is 0 Å². The predicted molar refractivity (Wildman–Crippen MR) is 63.7 cm³/mol. The van der Waals surface area contributed by atoms with Crippen LogP contribution in [0.3, 0.4) is 0 Å². The zero-order valence-corrected chi connectivity index (χ0v) is 10.4. The summed E-state index contributed by atoms with van der Waals surface area (Å²) in [6.07, 6.45) is 2.17. The van der Waals surface area contributed by atoms with Gasteiger partial charge in [-0.05, 0) is 43.9 Å².